The fourth-order valence-corrected chi connectivity index (χ4v) is 4.43. The van der Waals surface area contributed by atoms with E-state index >= 15 is 0 Å². The lowest BCUT2D eigenvalue weighted by atomic mass is 9.84. The van der Waals surface area contributed by atoms with Crippen LogP contribution >= 0.6 is 0 Å². The van der Waals surface area contributed by atoms with Gasteiger partial charge in [-0.15, -0.1) is 0 Å². The van der Waals surface area contributed by atoms with E-state index in [1.54, 1.807) is 12.4 Å². The number of nitrogens with zero attached hydrogens (tertiary/aromatic N) is 2. The van der Waals surface area contributed by atoms with E-state index in [9.17, 15) is 9.59 Å². The van der Waals surface area contributed by atoms with Gasteiger partial charge in [0, 0.05) is 44.6 Å². The smallest absolute Gasteiger partial charge is 0.240 e. The first-order valence-electron chi connectivity index (χ1n) is 10.4. The maximum Gasteiger partial charge on any atom is 0.240 e. The number of carbonyl (C=O) groups excluding carboxylic acids is 2. The molecule has 0 unspecified atom stereocenters. The van der Waals surface area contributed by atoms with Gasteiger partial charge in [0.2, 0.25) is 11.8 Å². The van der Waals surface area contributed by atoms with E-state index in [1.165, 1.54) is 0 Å². The predicted molar refractivity (Wildman–Crippen MR) is 107 cm³/mol. The van der Waals surface area contributed by atoms with Crippen molar-refractivity contribution in [3.05, 3.63) is 30.1 Å². The number of piperidine rings is 1. The van der Waals surface area contributed by atoms with Crippen LogP contribution in [0.4, 0.5) is 0 Å². The minimum atomic E-state index is -0.479. The first-order chi connectivity index (χ1) is 13.6. The summed E-state index contributed by atoms with van der Waals surface area (Å²) in [5, 5.41) is 6.21. The molecule has 2 saturated heterocycles. The van der Waals surface area contributed by atoms with Crippen molar-refractivity contribution < 1.29 is 14.3 Å². The minimum Gasteiger partial charge on any atom is -0.380 e. The van der Waals surface area contributed by atoms with Gasteiger partial charge in [0.1, 0.15) is 5.54 Å². The summed E-state index contributed by atoms with van der Waals surface area (Å²) in [7, 11) is 0. The first-order valence-corrected chi connectivity index (χ1v) is 10.4. The molecule has 0 aromatic carbocycles. The molecule has 1 aromatic rings. The summed E-state index contributed by atoms with van der Waals surface area (Å²) in [6.45, 7) is 5.34. The molecule has 3 rings (SSSR count). The highest BCUT2D eigenvalue weighted by Crippen LogP contribution is 2.38. The van der Waals surface area contributed by atoms with Gasteiger partial charge >= 0.3 is 0 Å². The molecule has 154 valence electrons. The molecule has 7 nitrogen and oxygen atoms in total. The third-order valence-electron chi connectivity index (χ3n) is 5.81. The highest BCUT2D eigenvalue weighted by molar-refractivity contribution is 5.87. The van der Waals surface area contributed by atoms with E-state index in [2.05, 4.69) is 20.5 Å². The maximum absolute atomic E-state index is 13.0. The number of nitrogens with one attached hydrogen (secondary N) is 2. The number of hydrogen-bond donors (Lipinski definition) is 2. The Kier molecular flexibility index (Phi) is 7.39. The SMILES string of the molecule is CCOCCNC(=O)[C@@]12CCCCN1C[C@@H](NC(=O)CCc1ccncc1)C2. The normalized spacial score (nSPS) is 24.5. The van der Waals surface area contributed by atoms with E-state index in [1.807, 2.05) is 19.1 Å². The summed E-state index contributed by atoms with van der Waals surface area (Å²) < 4.78 is 5.33. The minimum absolute atomic E-state index is 0.0284. The molecule has 28 heavy (non-hydrogen) atoms. The zero-order valence-electron chi connectivity index (χ0n) is 16.8. The van der Waals surface area contributed by atoms with E-state index in [0.717, 1.165) is 37.9 Å². The average Bonchev–Trinajstić information content (AvgIpc) is 3.09. The Morgan fingerprint density at radius 2 is 2.14 bits per heavy atom. The van der Waals surface area contributed by atoms with Crippen molar-refractivity contribution in [2.45, 2.75) is 57.0 Å². The van der Waals surface area contributed by atoms with Crippen LogP contribution in [0.25, 0.3) is 0 Å². The molecule has 0 saturated carbocycles. The third kappa shape index (κ3) is 5.08. The topological polar surface area (TPSA) is 83.6 Å². The Balaban J connectivity index is 1.53. The summed E-state index contributed by atoms with van der Waals surface area (Å²) in [4.78, 5) is 31.7. The number of fused-ring (bicyclic) bond motifs is 1. The van der Waals surface area contributed by atoms with Crippen molar-refractivity contribution in [2.75, 3.05) is 32.8 Å². The van der Waals surface area contributed by atoms with Gasteiger partial charge in [0.15, 0.2) is 0 Å². The molecule has 1 aromatic heterocycles. The molecular formula is C21H32N4O3. The van der Waals surface area contributed by atoms with Gasteiger partial charge in [0.05, 0.1) is 6.61 Å². The fourth-order valence-electron chi connectivity index (χ4n) is 4.43. The fraction of sp³-hybridized carbons (Fsp3) is 0.667. The molecule has 0 spiro atoms. The zero-order chi connectivity index (χ0) is 19.8. The molecule has 2 N–H and O–H groups in total. The number of amides is 2. The van der Waals surface area contributed by atoms with Crippen LogP contribution in [0.5, 0.6) is 0 Å². The van der Waals surface area contributed by atoms with Crippen molar-refractivity contribution >= 4 is 11.8 Å². The van der Waals surface area contributed by atoms with Gasteiger partial charge in [-0.1, -0.05) is 0 Å². The van der Waals surface area contributed by atoms with Crippen LogP contribution in [-0.4, -0.2) is 66.1 Å². The molecule has 2 aliphatic rings. The molecule has 2 aliphatic heterocycles. The van der Waals surface area contributed by atoms with Crippen LogP contribution < -0.4 is 10.6 Å². The highest BCUT2D eigenvalue weighted by atomic mass is 16.5. The molecule has 0 bridgehead atoms. The second kappa shape index (κ2) is 9.98. The van der Waals surface area contributed by atoms with Crippen molar-refractivity contribution in [2.24, 2.45) is 0 Å². The highest BCUT2D eigenvalue weighted by Gasteiger charge is 2.51. The van der Waals surface area contributed by atoms with Gasteiger partial charge in [-0.3, -0.25) is 19.5 Å². The van der Waals surface area contributed by atoms with Crippen LogP contribution in [0.1, 0.15) is 44.6 Å². The van der Waals surface area contributed by atoms with Gasteiger partial charge in [-0.05, 0) is 63.3 Å². The number of aromatic nitrogens is 1. The first kappa shape index (κ1) is 20.7. The number of carbonyl (C=O) groups is 2. The number of pyridine rings is 1. The number of ether oxygens (including phenoxy) is 1. The van der Waals surface area contributed by atoms with E-state index < -0.39 is 5.54 Å². The molecule has 0 radical (unpaired) electrons. The standard InChI is InChI=1S/C21H32N4O3/c1-2-28-14-12-23-20(27)21-9-3-4-13-25(21)16-18(15-21)24-19(26)6-5-17-7-10-22-11-8-17/h7-8,10-11,18H,2-6,9,12-16H2,1H3,(H,23,27)(H,24,26)/t18-,21-/m0/s1. The second-order valence-electron chi connectivity index (χ2n) is 7.71. The second-order valence-corrected chi connectivity index (χ2v) is 7.71. The average molecular weight is 389 g/mol. The summed E-state index contributed by atoms with van der Waals surface area (Å²) in [5.74, 6) is 0.133. The Hall–Kier alpha value is -1.99. The Morgan fingerprint density at radius 3 is 2.93 bits per heavy atom. The van der Waals surface area contributed by atoms with Crippen LogP contribution in [0, 0.1) is 0 Å². The molecule has 3 heterocycles. The largest absolute Gasteiger partial charge is 0.380 e. The third-order valence-corrected chi connectivity index (χ3v) is 5.81. The molecule has 7 heteroatoms. The molecule has 2 fully saturated rings. The van der Waals surface area contributed by atoms with Crippen molar-refractivity contribution in [1.82, 2.24) is 20.5 Å². The van der Waals surface area contributed by atoms with Crippen LogP contribution in [-0.2, 0) is 20.7 Å². The molecule has 2 amide bonds. The Labute approximate surface area is 167 Å². The Morgan fingerprint density at radius 1 is 1.32 bits per heavy atom. The lowest BCUT2D eigenvalue weighted by Gasteiger charge is -2.40. The van der Waals surface area contributed by atoms with Gasteiger partial charge in [-0.25, -0.2) is 0 Å². The molecule has 0 aliphatic carbocycles. The maximum atomic E-state index is 13.0. The number of aryl methyl sites for hydroxylation is 1. The van der Waals surface area contributed by atoms with Gasteiger partial charge in [-0.2, -0.15) is 0 Å². The lowest BCUT2D eigenvalue weighted by Crippen LogP contribution is -2.57. The zero-order valence-corrected chi connectivity index (χ0v) is 16.8. The van der Waals surface area contributed by atoms with Crippen molar-refractivity contribution in [3.63, 3.8) is 0 Å². The lowest BCUT2D eigenvalue weighted by molar-refractivity contribution is -0.134. The Bertz CT molecular complexity index is 654. The summed E-state index contributed by atoms with van der Waals surface area (Å²) in [6, 6.07) is 3.90. The number of rotatable bonds is 9. The summed E-state index contributed by atoms with van der Waals surface area (Å²) in [6.07, 6.45) is 8.36. The van der Waals surface area contributed by atoms with Crippen LogP contribution in [0.15, 0.2) is 24.5 Å². The van der Waals surface area contributed by atoms with Crippen molar-refractivity contribution in [3.8, 4) is 0 Å². The van der Waals surface area contributed by atoms with Crippen LogP contribution in [0.2, 0.25) is 0 Å². The quantitative estimate of drug-likeness (QED) is 0.623. The van der Waals surface area contributed by atoms with E-state index in [0.29, 0.717) is 39.0 Å². The molecular weight excluding hydrogens is 356 g/mol. The van der Waals surface area contributed by atoms with Crippen molar-refractivity contribution in [1.29, 1.82) is 0 Å². The van der Waals surface area contributed by atoms with Crippen LogP contribution in [0.3, 0.4) is 0 Å². The van der Waals surface area contributed by atoms with Gasteiger partial charge in [0.25, 0.3) is 0 Å². The predicted octanol–water partition coefficient (Wildman–Crippen LogP) is 1.28. The number of hydrogen-bond acceptors (Lipinski definition) is 5. The van der Waals surface area contributed by atoms with E-state index in [4.69, 9.17) is 4.74 Å². The monoisotopic (exact) mass is 388 g/mol. The summed E-state index contributed by atoms with van der Waals surface area (Å²) >= 11 is 0. The molecule has 2 atom stereocenters. The summed E-state index contributed by atoms with van der Waals surface area (Å²) in [5.41, 5.74) is 0.632. The van der Waals surface area contributed by atoms with Gasteiger partial charge < -0.3 is 15.4 Å². The van der Waals surface area contributed by atoms with E-state index in [-0.39, 0.29) is 17.9 Å².